The van der Waals surface area contributed by atoms with Gasteiger partial charge in [0.1, 0.15) is 24.7 Å². The molecule has 0 aromatic carbocycles. The van der Waals surface area contributed by atoms with Gasteiger partial charge in [-0.3, -0.25) is 24.0 Å². The summed E-state index contributed by atoms with van der Waals surface area (Å²) in [4.78, 5) is 56.8. The van der Waals surface area contributed by atoms with Gasteiger partial charge in [-0.2, -0.15) is 11.8 Å². The topological polar surface area (TPSA) is 216 Å². The summed E-state index contributed by atoms with van der Waals surface area (Å²) in [6.45, 7) is -0.678. The molecule has 1 aliphatic rings. The molecule has 1 saturated carbocycles. The summed E-state index contributed by atoms with van der Waals surface area (Å²) in [7, 11) is 0. The van der Waals surface area contributed by atoms with Crippen LogP contribution in [0.1, 0.15) is 19.3 Å². The van der Waals surface area contributed by atoms with E-state index in [1.54, 1.807) is 0 Å². The van der Waals surface area contributed by atoms with Gasteiger partial charge in [-0.25, -0.2) is 0 Å². The maximum atomic E-state index is 12.1. The van der Waals surface area contributed by atoms with Crippen LogP contribution >= 0.6 is 11.8 Å². The summed E-state index contributed by atoms with van der Waals surface area (Å²) in [6.07, 6.45) is -3.38. The number of nitrogens with two attached hydrogens (primary N) is 1. The summed E-state index contributed by atoms with van der Waals surface area (Å²) >= 11 is 0.969. The lowest BCUT2D eigenvalue weighted by atomic mass is 10.1. The van der Waals surface area contributed by atoms with E-state index in [9.17, 15) is 34.2 Å². The smallest absolute Gasteiger partial charge is 0.322 e. The minimum atomic E-state index is -1.51. The second-order valence-corrected chi connectivity index (χ2v) is 7.46. The number of carboxylic acid groups (broad SMARTS) is 2. The van der Waals surface area contributed by atoms with E-state index in [1.165, 1.54) is 0 Å². The van der Waals surface area contributed by atoms with Crippen molar-refractivity contribution in [1.29, 1.82) is 0 Å². The highest BCUT2D eigenvalue weighted by Gasteiger charge is 2.41. The van der Waals surface area contributed by atoms with Crippen LogP contribution in [0.5, 0.6) is 0 Å². The summed E-state index contributed by atoms with van der Waals surface area (Å²) in [5.41, 5.74) is 5.31. The highest BCUT2D eigenvalue weighted by molar-refractivity contribution is 8.00. The Morgan fingerprint density at radius 3 is 2.36 bits per heavy atom. The van der Waals surface area contributed by atoms with Gasteiger partial charge in [0.05, 0.1) is 6.10 Å². The lowest BCUT2D eigenvalue weighted by Crippen LogP contribution is -2.50. The molecule has 158 valence electrons. The fraction of sp³-hybridized carbons (Fsp3) is 0.667. The van der Waals surface area contributed by atoms with Crippen LogP contribution in [0.25, 0.3) is 0 Å². The Morgan fingerprint density at radius 1 is 1.21 bits per heavy atom. The number of carbonyl (C=O) groups is 5. The first kappa shape index (κ1) is 23.8. The molecule has 5 atom stereocenters. The van der Waals surface area contributed by atoms with Crippen molar-refractivity contribution in [2.24, 2.45) is 5.73 Å². The Kier molecular flexibility index (Phi) is 9.31. The second kappa shape index (κ2) is 10.9. The van der Waals surface area contributed by atoms with Crippen molar-refractivity contribution in [3.63, 3.8) is 0 Å². The molecule has 28 heavy (non-hydrogen) atoms. The number of Topliss-reactive ketones (excluding diaryl/α,β-unsaturated/α-hetero) is 1. The molecule has 13 heteroatoms. The normalized spacial score (nSPS) is 23.7. The molecule has 1 fully saturated rings. The van der Waals surface area contributed by atoms with Crippen LogP contribution in [-0.2, 0) is 24.0 Å². The lowest BCUT2D eigenvalue weighted by molar-refractivity contribution is -0.139. The number of carboxylic acids is 2. The van der Waals surface area contributed by atoms with Gasteiger partial charge < -0.3 is 36.8 Å². The number of nitrogens with one attached hydrogen (secondary N) is 2. The molecule has 2 amide bonds. The van der Waals surface area contributed by atoms with Gasteiger partial charge in [0.2, 0.25) is 11.8 Å². The van der Waals surface area contributed by atoms with E-state index in [2.05, 4.69) is 10.6 Å². The van der Waals surface area contributed by atoms with Gasteiger partial charge in [0.15, 0.2) is 5.78 Å². The maximum Gasteiger partial charge on any atom is 0.322 e. The van der Waals surface area contributed by atoms with Crippen LogP contribution in [0.2, 0.25) is 0 Å². The lowest BCUT2D eigenvalue weighted by Gasteiger charge is -2.21. The zero-order valence-corrected chi connectivity index (χ0v) is 15.6. The molecule has 1 rings (SSSR count). The number of rotatable bonds is 11. The van der Waals surface area contributed by atoms with Gasteiger partial charge in [0.25, 0.3) is 0 Å². The van der Waals surface area contributed by atoms with E-state index in [1.807, 2.05) is 0 Å². The first-order chi connectivity index (χ1) is 13.0. The van der Waals surface area contributed by atoms with Crippen molar-refractivity contribution in [2.75, 3.05) is 12.3 Å². The SMILES string of the molecule is NC(CCC(=O)NC(CSC1CC(=O)C(O)C1O)C(=O)NCC(=O)O)C(=O)O. The summed E-state index contributed by atoms with van der Waals surface area (Å²) < 4.78 is 0. The van der Waals surface area contributed by atoms with E-state index in [0.29, 0.717) is 0 Å². The fourth-order valence-electron chi connectivity index (χ4n) is 2.36. The van der Waals surface area contributed by atoms with Crippen molar-refractivity contribution in [1.82, 2.24) is 10.6 Å². The summed E-state index contributed by atoms with van der Waals surface area (Å²) in [6, 6.07) is -2.45. The van der Waals surface area contributed by atoms with E-state index >= 15 is 0 Å². The minimum absolute atomic E-state index is 0.107. The molecule has 0 spiro atoms. The minimum Gasteiger partial charge on any atom is -0.480 e. The maximum absolute atomic E-state index is 12.1. The molecule has 5 unspecified atom stereocenters. The number of aliphatic hydroxyl groups excluding tert-OH is 2. The van der Waals surface area contributed by atoms with E-state index in [4.69, 9.17) is 15.9 Å². The highest BCUT2D eigenvalue weighted by atomic mass is 32.2. The number of carbonyl (C=O) groups excluding carboxylic acids is 3. The van der Waals surface area contributed by atoms with Crippen molar-refractivity contribution in [3.05, 3.63) is 0 Å². The van der Waals surface area contributed by atoms with Crippen molar-refractivity contribution >= 4 is 41.3 Å². The standard InChI is InChI=1S/C15H23N3O9S/c16-6(15(26)27)1-2-10(20)18-7(14(25)17-4-11(21)22)5-28-9-3-8(19)12(23)13(9)24/h6-7,9,12-13,23-24H,1-5,16H2,(H,17,25)(H,18,20)(H,21,22)(H,26,27). The Morgan fingerprint density at radius 2 is 1.86 bits per heavy atom. The number of aliphatic hydroxyl groups is 2. The molecule has 0 aromatic rings. The first-order valence-corrected chi connectivity index (χ1v) is 9.35. The van der Waals surface area contributed by atoms with Gasteiger partial charge in [-0.1, -0.05) is 0 Å². The quantitative estimate of drug-likeness (QED) is 0.175. The number of ketones is 1. The number of aliphatic carboxylic acids is 2. The van der Waals surface area contributed by atoms with Crippen molar-refractivity contribution in [3.8, 4) is 0 Å². The third-order valence-electron chi connectivity index (χ3n) is 3.98. The molecule has 0 aliphatic heterocycles. The van der Waals surface area contributed by atoms with Crippen LogP contribution in [0.15, 0.2) is 0 Å². The number of thioether (sulfide) groups is 1. The summed E-state index contributed by atoms with van der Waals surface area (Å²) in [5.74, 6) is -4.69. The number of amides is 2. The van der Waals surface area contributed by atoms with Gasteiger partial charge >= 0.3 is 11.9 Å². The highest BCUT2D eigenvalue weighted by Crippen LogP contribution is 2.28. The third kappa shape index (κ3) is 7.42. The summed E-state index contributed by atoms with van der Waals surface area (Å²) in [5, 5.41) is 40.4. The fourth-order valence-corrected chi connectivity index (χ4v) is 3.66. The Hall–Kier alpha value is -2.22. The number of hydrogen-bond donors (Lipinski definition) is 7. The average molecular weight is 421 g/mol. The van der Waals surface area contributed by atoms with E-state index in [-0.39, 0.29) is 25.0 Å². The van der Waals surface area contributed by atoms with Crippen LogP contribution in [0.3, 0.4) is 0 Å². The predicted octanol–water partition coefficient (Wildman–Crippen LogP) is -3.34. The largest absolute Gasteiger partial charge is 0.480 e. The van der Waals surface area contributed by atoms with Crippen molar-refractivity contribution in [2.45, 2.75) is 48.8 Å². The molecule has 0 aromatic heterocycles. The van der Waals surface area contributed by atoms with Crippen LogP contribution in [0.4, 0.5) is 0 Å². The Bertz CT molecular complexity index is 630. The van der Waals surface area contributed by atoms with Crippen LogP contribution in [-0.4, -0.2) is 91.8 Å². The molecule has 12 nitrogen and oxygen atoms in total. The predicted molar refractivity (Wildman–Crippen MR) is 95.3 cm³/mol. The molecule has 0 heterocycles. The van der Waals surface area contributed by atoms with Gasteiger partial charge in [0, 0.05) is 23.8 Å². The Balaban J connectivity index is 2.66. The van der Waals surface area contributed by atoms with Crippen LogP contribution in [0, 0.1) is 0 Å². The molecular formula is C15H23N3O9S. The Labute approximate surface area is 163 Å². The molecule has 0 bridgehead atoms. The molecule has 0 saturated heterocycles. The monoisotopic (exact) mass is 421 g/mol. The van der Waals surface area contributed by atoms with Gasteiger partial charge in [-0.15, -0.1) is 0 Å². The second-order valence-electron chi connectivity index (χ2n) is 6.19. The zero-order chi connectivity index (χ0) is 21.4. The molecule has 8 N–H and O–H groups in total. The van der Waals surface area contributed by atoms with Crippen molar-refractivity contribution < 1.29 is 44.4 Å². The average Bonchev–Trinajstić information content (AvgIpc) is 2.87. The van der Waals surface area contributed by atoms with E-state index < -0.39 is 65.6 Å². The van der Waals surface area contributed by atoms with Gasteiger partial charge in [-0.05, 0) is 6.42 Å². The van der Waals surface area contributed by atoms with Crippen LogP contribution < -0.4 is 16.4 Å². The third-order valence-corrected chi connectivity index (χ3v) is 5.38. The molecular weight excluding hydrogens is 398 g/mol. The van der Waals surface area contributed by atoms with E-state index in [0.717, 1.165) is 11.8 Å². The first-order valence-electron chi connectivity index (χ1n) is 8.30. The number of hydrogen-bond acceptors (Lipinski definition) is 9. The zero-order valence-electron chi connectivity index (χ0n) is 14.7. The molecule has 0 radical (unpaired) electrons. The molecule has 1 aliphatic carbocycles.